The minimum atomic E-state index is -0.588. The van der Waals surface area contributed by atoms with E-state index in [1.807, 2.05) is 0 Å². The summed E-state index contributed by atoms with van der Waals surface area (Å²) < 4.78 is 13.7. The van der Waals surface area contributed by atoms with Crippen LogP contribution >= 0.6 is 46.4 Å². The van der Waals surface area contributed by atoms with E-state index in [-0.39, 0.29) is 0 Å². The van der Waals surface area contributed by atoms with Crippen LogP contribution in [0.15, 0.2) is 48.7 Å². The fourth-order valence-electron chi connectivity index (χ4n) is 2.23. The predicted octanol–water partition coefficient (Wildman–Crippen LogP) is 7.17. The molecule has 0 fully saturated rings. The topological polar surface area (TPSA) is 12.9 Å². The maximum Gasteiger partial charge on any atom is 0.213 e. The Morgan fingerprint density at radius 3 is 1.70 bits per heavy atom. The number of rotatable bonds is 2. The Bertz CT molecular complexity index is 896. The van der Waals surface area contributed by atoms with Gasteiger partial charge in [-0.1, -0.05) is 58.5 Å². The average molecular weight is 387 g/mol. The van der Waals surface area contributed by atoms with Crippen molar-refractivity contribution in [2.24, 2.45) is 0 Å². The van der Waals surface area contributed by atoms with E-state index in [0.29, 0.717) is 31.2 Å². The van der Waals surface area contributed by atoms with Crippen molar-refractivity contribution >= 4 is 46.4 Å². The van der Waals surface area contributed by atoms with Crippen LogP contribution in [-0.2, 0) is 0 Å². The molecular formula is C17H8Cl4FN. The Balaban J connectivity index is 2.21. The standard InChI is InChI=1S/C17H8Cl4FN/c18-13-3-1-9(5-15(13)20)11-7-17(22)23-8-12(11)10-2-4-14(19)16(21)6-10/h1-8H. The summed E-state index contributed by atoms with van der Waals surface area (Å²) in [6.07, 6.45) is 1.45. The van der Waals surface area contributed by atoms with Gasteiger partial charge in [0.1, 0.15) is 0 Å². The fraction of sp³-hybridized carbons (Fsp3) is 0. The first-order valence-corrected chi connectivity index (χ1v) is 8.03. The SMILES string of the molecule is Fc1cc(-c2ccc(Cl)c(Cl)c2)c(-c2ccc(Cl)c(Cl)c2)cn1. The highest BCUT2D eigenvalue weighted by molar-refractivity contribution is 6.42. The molecule has 0 radical (unpaired) electrons. The lowest BCUT2D eigenvalue weighted by atomic mass is 9.96. The molecule has 6 heteroatoms. The van der Waals surface area contributed by atoms with Gasteiger partial charge in [0.05, 0.1) is 20.1 Å². The van der Waals surface area contributed by atoms with Gasteiger partial charge in [0.15, 0.2) is 0 Å². The Morgan fingerprint density at radius 2 is 1.17 bits per heavy atom. The van der Waals surface area contributed by atoms with Gasteiger partial charge < -0.3 is 0 Å². The van der Waals surface area contributed by atoms with E-state index >= 15 is 0 Å². The van der Waals surface area contributed by atoms with Crippen molar-refractivity contribution in [3.05, 3.63) is 74.7 Å². The second-order valence-corrected chi connectivity index (χ2v) is 6.44. The van der Waals surface area contributed by atoms with Gasteiger partial charge in [-0.05, 0) is 41.0 Å². The van der Waals surface area contributed by atoms with Crippen LogP contribution < -0.4 is 0 Å². The molecule has 0 unspecified atom stereocenters. The highest BCUT2D eigenvalue weighted by atomic mass is 35.5. The number of hydrogen-bond acceptors (Lipinski definition) is 1. The summed E-state index contributed by atoms with van der Waals surface area (Å²) in [5.74, 6) is -0.588. The maximum atomic E-state index is 13.7. The number of hydrogen-bond donors (Lipinski definition) is 0. The second-order valence-electron chi connectivity index (χ2n) is 4.81. The molecule has 0 bridgehead atoms. The van der Waals surface area contributed by atoms with Crippen LogP contribution in [0.1, 0.15) is 0 Å². The Morgan fingerprint density at radius 1 is 0.652 bits per heavy atom. The van der Waals surface area contributed by atoms with E-state index in [0.717, 1.165) is 11.1 Å². The zero-order chi connectivity index (χ0) is 16.6. The van der Waals surface area contributed by atoms with Gasteiger partial charge in [0, 0.05) is 17.8 Å². The summed E-state index contributed by atoms with van der Waals surface area (Å²) in [6, 6.07) is 11.6. The lowest BCUT2D eigenvalue weighted by Gasteiger charge is -2.11. The minimum absolute atomic E-state index is 0.390. The van der Waals surface area contributed by atoms with Gasteiger partial charge >= 0.3 is 0 Å². The highest BCUT2D eigenvalue weighted by Gasteiger charge is 2.12. The molecule has 1 heterocycles. The molecule has 0 spiro atoms. The lowest BCUT2D eigenvalue weighted by Crippen LogP contribution is -1.91. The zero-order valence-corrected chi connectivity index (χ0v) is 14.5. The number of halogens is 5. The third-order valence-electron chi connectivity index (χ3n) is 3.33. The van der Waals surface area contributed by atoms with Crippen molar-refractivity contribution in [2.45, 2.75) is 0 Å². The summed E-state index contributed by atoms with van der Waals surface area (Å²) in [4.78, 5) is 3.73. The van der Waals surface area contributed by atoms with E-state index < -0.39 is 5.95 Å². The summed E-state index contributed by atoms with van der Waals surface area (Å²) in [6.45, 7) is 0. The molecule has 116 valence electrons. The van der Waals surface area contributed by atoms with Crippen LogP contribution in [0, 0.1) is 5.95 Å². The van der Waals surface area contributed by atoms with Crippen LogP contribution in [0.25, 0.3) is 22.3 Å². The smallest absolute Gasteiger partial charge is 0.213 e. The number of pyridine rings is 1. The summed E-state index contributed by atoms with van der Waals surface area (Å²) >= 11 is 24.0. The molecule has 2 aromatic carbocycles. The monoisotopic (exact) mass is 385 g/mol. The third kappa shape index (κ3) is 3.46. The van der Waals surface area contributed by atoms with Crippen LogP contribution in [-0.4, -0.2) is 4.98 Å². The predicted molar refractivity (Wildman–Crippen MR) is 95.1 cm³/mol. The van der Waals surface area contributed by atoms with Gasteiger partial charge in [0.25, 0.3) is 0 Å². The molecule has 23 heavy (non-hydrogen) atoms. The quantitative estimate of drug-likeness (QED) is 0.425. The number of benzene rings is 2. The third-order valence-corrected chi connectivity index (χ3v) is 4.81. The van der Waals surface area contributed by atoms with Crippen molar-refractivity contribution in [3.63, 3.8) is 0 Å². The van der Waals surface area contributed by atoms with Gasteiger partial charge in [0.2, 0.25) is 5.95 Å². The molecule has 0 aliphatic rings. The van der Waals surface area contributed by atoms with Crippen LogP contribution in [0.2, 0.25) is 20.1 Å². The zero-order valence-electron chi connectivity index (χ0n) is 11.5. The van der Waals surface area contributed by atoms with Crippen molar-refractivity contribution in [1.82, 2.24) is 4.98 Å². The van der Waals surface area contributed by atoms with Crippen molar-refractivity contribution in [3.8, 4) is 22.3 Å². The van der Waals surface area contributed by atoms with Crippen LogP contribution in [0.3, 0.4) is 0 Å². The van der Waals surface area contributed by atoms with E-state index in [1.54, 1.807) is 36.4 Å². The molecule has 0 aliphatic carbocycles. The molecule has 0 aliphatic heterocycles. The molecule has 3 rings (SSSR count). The Hall–Kier alpha value is -1.32. The summed E-state index contributed by atoms with van der Waals surface area (Å²) in [7, 11) is 0. The normalized spacial score (nSPS) is 10.8. The average Bonchev–Trinajstić information content (AvgIpc) is 2.53. The first-order chi connectivity index (χ1) is 11.0. The highest BCUT2D eigenvalue weighted by Crippen LogP contribution is 2.37. The van der Waals surface area contributed by atoms with Crippen molar-refractivity contribution < 1.29 is 4.39 Å². The fourth-order valence-corrected chi connectivity index (χ4v) is 2.82. The van der Waals surface area contributed by atoms with Gasteiger partial charge in [-0.2, -0.15) is 4.39 Å². The maximum absolute atomic E-state index is 13.7. The molecule has 1 nitrogen and oxygen atoms in total. The first kappa shape index (κ1) is 16.5. The van der Waals surface area contributed by atoms with Gasteiger partial charge in [-0.25, -0.2) is 4.98 Å². The summed E-state index contributed by atoms with van der Waals surface area (Å²) in [5, 5.41) is 1.68. The number of nitrogens with zero attached hydrogens (tertiary/aromatic N) is 1. The molecule has 0 N–H and O–H groups in total. The molecule has 0 saturated carbocycles. The first-order valence-electron chi connectivity index (χ1n) is 6.52. The molecule has 0 amide bonds. The number of aromatic nitrogens is 1. The van der Waals surface area contributed by atoms with E-state index in [4.69, 9.17) is 46.4 Å². The van der Waals surface area contributed by atoms with E-state index in [2.05, 4.69) is 4.98 Å². The molecular weight excluding hydrogens is 379 g/mol. The largest absolute Gasteiger partial charge is 0.228 e. The molecule has 3 aromatic rings. The minimum Gasteiger partial charge on any atom is -0.228 e. The van der Waals surface area contributed by atoms with Crippen molar-refractivity contribution in [1.29, 1.82) is 0 Å². The second kappa shape index (κ2) is 6.66. The Labute approximate surface area is 152 Å². The Kier molecular flexibility index (Phi) is 4.79. The van der Waals surface area contributed by atoms with Gasteiger partial charge in [-0.3, -0.25) is 0 Å². The molecule has 1 aromatic heterocycles. The van der Waals surface area contributed by atoms with Crippen LogP contribution in [0.5, 0.6) is 0 Å². The lowest BCUT2D eigenvalue weighted by molar-refractivity contribution is 0.584. The van der Waals surface area contributed by atoms with Gasteiger partial charge in [-0.15, -0.1) is 0 Å². The van der Waals surface area contributed by atoms with E-state index in [1.165, 1.54) is 12.3 Å². The molecule has 0 atom stereocenters. The van der Waals surface area contributed by atoms with Crippen molar-refractivity contribution in [2.75, 3.05) is 0 Å². The molecule has 0 saturated heterocycles. The van der Waals surface area contributed by atoms with E-state index in [9.17, 15) is 4.39 Å². The van der Waals surface area contributed by atoms with Crippen LogP contribution in [0.4, 0.5) is 4.39 Å². The summed E-state index contributed by atoms with van der Waals surface area (Å²) in [5.41, 5.74) is 2.84.